The van der Waals surface area contributed by atoms with Crippen molar-refractivity contribution >= 4 is 5.91 Å². The minimum absolute atomic E-state index is 0.0653. The Kier molecular flexibility index (Phi) is 49.8. The molecule has 0 fully saturated rings. The molecular weight excluding hydrogens is 723 g/mol. The number of unbranched alkanes of at least 4 members (excludes halogenated alkanes) is 38. The first-order chi connectivity index (χ1) is 29.2. The van der Waals surface area contributed by atoms with Crippen LogP contribution in [0, 0.1) is 0 Å². The van der Waals surface area contributed by atoms with E-state index in [4.69, 9.17) is 0 Å². The highest BCUT2D eigenvalue weighted by Crippen LogP contribution is 2.17. The van der Waals surface area contributed by atoms with E-state index >= 15 is 0 Å². The molecule has 0 aromatic rings. The molecule has 3 N–H and O–H groups in total. The van der Waals surface area contributed by atoms with Crippen molar-refractivity contribution in [2.24, 2.45) is 0 Å². The minimum Gasteiger partial charge on any atom is -0.394 e. The molecule has 0 spiro atoms. The van der Waals surface area contributed by atoms with Gasteiger partial charge in [-0.15, -0.1) is 0 Å². The van der Waals surface area contributed by atoms with Gasteiger partial charge >= 0.3 is 0 Å². The van der Waals surface area contributed by atoms with Gasteiger partial charge in [-0.2, -0.15) is 0 Å². The Hall–Kier alpha value is -1.39. The maximum atomic E-state index is 12.3. The average Bonchev–Trinajstić information content (AvgIpc) is 3.24. The molecule has 0 radical (unpaired) electrons. The molecule has 2 unspecified atom stereocenters. The molecule has 0 heterocycles. The Labute approximate surface area is 370 Å². The van der Waals surface area contributed by atoms with Crippen LogP contribution in [0.2, 0.25) is 0 Å². The zero-order chi connectivity index (χ0) is 42.8. The third-order valence-electron chi connectivity index (χ3n) is 12.4. The van der Waals surface area contributed by atoms with Crippen LogP contribution in [0.25, 0.3) is 0 Å². The van der Waals surface area contributed by atoms with Crippen LogP contribution in [0.4, 0.5) is 0 Å². The average molecular weight is 828 g/mol. The van der Waals surface area contributed by atoms with E-state index in [1.807, 2.05) is 6.08 Å². The van der Waals surface area contributed by atoms with Crippen molar-refractivity contribution in [3.05, 3.63) is 36.5 Å². The van der Waals surface area contributed by atoms with Crippen molar-refractivity contribution in [2.75, 3.05) is 6.61 Å². The molecule has 0 rings (SSSR count). The van der Waals surface area contributed by atoms with Gasteiger partial charge in [0, 0.05) is 6.42 Å². The first-order valence-electron chi connectivity index (χ1n) is 26.7. The molecule has 59 heavy (non-hydrogen) atoms. The summed E-state index contributed by atoms with van der Waals surface area (Å²) in [6.07, 6.45) is 69.2. The second-order valence-electron chi connectivity index (χ2n) is 18.3. The number of aliphatic hydroxyl groups excluding tert-OH is 2. The van der Waals surface area contributed by atoms with Crippen molar-refractivity contribution < 1.29 is 15.0 Å². The quantitative estimate of drug-likeness (QED) is 0.0423. The van der Waals surface area contributed by atoms with Gasteiger partial charge in [-0.25, -0.2) is 0 Å². The van der Waals surface area contributed by atoms with E-state index in [2.05, 4.69) is 43.5 Å². The largest absolute Gasteiger partial charge is 0.394 e. The van der Waals surface area contributed by atoms with Crippen LogP contribution in [0.5, 0.6) is 0 Å². The highest BCUT2D eigenvalue weighted by Gasteiger charge is 2.18. The third-order valence-corrected chi connectivity index (χ3v) is 12.4. The fourth-order valence-corrected chi connectivity index (χ4v) is 8.27. The van der Waals surface area contributed by atoms with Crippen molar-refractivity contribution in [1.82, 2.24) is 5.32 Å². The van der Waals surface area contributed by atoms with Crippen LogP contribution in [-0.4, -0.2) is 34.9 Å². The Bertz CT molecular complexity index is 897. The number of carbonyl (C=O) groups is 1. The van der Waals surface area contributed by atoms with Crippen molar-refractivity contribution in [3.63, 3.8) is 0 Å². The molecule has 0 bridgehead atoms. The highest BCUT2D eigenvalue weighted by atomic mass is 16.3. The molecule has 2 atom stereocenters. The molecular formula is C55H105NO3. The lowest BCUT2D eigenvalue weighted by molar-refractivity contribution is -0.123. The molecule has 0 aromatic heterocycles. The van der Waals surface area contributed by atoms with Gasteiger partial charge in [-0.1, -0.05) is 269 Å². The van der Waals surface area contributed by atoms with E-state index in [1.165, 1.54) is 238 Å². The molecule has 4 nitrogen and oxygen atoms in total. The first kappa shape index (κ1) is 57.6. The van der Waals surface area contributed by atoms with Gasteiger partial charge in [-0.05, 0) is 51.4 Å². The summed E-state index contributed by atoms with van der Waals surface area (Å²) in [6, 6.07) is -0.615. The van der Waals surface area contributed by atoms with Gasteiger partial charge in [0.05, 0.1) is 18.8 Å². The smallest absolute Gasteiger partial charge is 0.220 e. The lowest BCUT2D eigenvalue weighted by Crippen LogP contribution is -2.45. The number of hydrogen-bond acceptors (Lipinski definition) is 3. The van der Waals surface area contributed by atoms with E-state index < -0.39 is 12.1 Å². The summed E-state index contributed by atoms with van der Waals surface area (Å²) in [5, 5.41) is 22.7. The summed E-state index contributed by atoms with van der Waals surface area (Å²) in [4.78, 5) is 12.3. The van der Waals surface area contributed by atoms with E-state index in [-0.39, 0.29) is 12.5 Å². The van der Waals surface area contributed by atoms with Gasteiger partial charge in [0.15, 0.2) is 0 Å². The van der Waals surface area contributed by atoms with Gasteiger partial charge in [0.1, 0.15) is 0 Å². The normalized spacial score (nSPS) is 13.1. The van der Waals surface area contributed by atoms with Crippen LogP contribution >= 0.6 is 0 Å². The summed E-state index contributed by atoms with van der Waals surface area (Å²) >= 11 is 0. The monoisotopic (exact) mass is 828 g/mol. The van der Waals surface area contributed by atoms with E-state index in [1.54, 1.807) is 6.08 Å². The Balaban J connectivity index is 3.29. The molecule has 0 saturated heterocycles. The van der Waals surface area contributed by atoms with E-state index in [0.717, 1.165) is 32.1 Å². The van der Waals surface area contributed by atoms with Crippen LogP contribution in [0.15, 0.2) is 36.5 Å². The maximum absolute atomic E-state index is 12.3. The standard InChI is InChI=1S/C55H105NO3/c1-3-5-7-9-11-12-13-14-15-16-17-18-19-20-21-22-23-24-25-26-27-28-29-30-31-32-33-34-35-36-37-38-39-40-41-42-43-44-45-47-49-51-55(59)56-53(52-57)54(58)50-48-46-10-8-6-4-2/h13-14,16-17,48,50,53-54,57-58H,3-12,15,18-47,49,51-52H2,1-2H3,(H,56,59)/b14-13-,17-16-,50-48+. The first-order valence-corrected chi connectivity index (χ1v) is 26.7. The molecule has 0 aromatic carbocycles. The molecule has 4 heteroatoms. The van der Waals surface area contributed by atoms with Crippen LogP contribution < -0.4 is 5.32 Å². The molecule has 0 aliphatic carbocycles. The lowest BCUT2D eigenvalue weighted by Gasteiger charge is -2.20. The SMILES string of the molecule is CCCCCC/C=C/C(O)C(CO)NC(=O)CCCCCCCCCCCCCCCCCCCCCCCCCCCCCCC/C=C\C/C=C\CCCCCCC. The van der Waals surface area contributed by atoms with Gasteiger partial charge < -0.3 is 15.5 Å². The van der Waals surface area contributed by atoms with E-state index in [0.29, 0.717) is 6.42 Å². The zero-order valence-corrected chi connectivity index (χ0v) is 40.0. The molecule has 0 aliphatic heterocycles. The third kappa shape index (κ3) is 47.5. The van der Waals surface area contributed by atoms with Crippen molar-refractivity contribution in [2.45, 2.75) is 302 Å². The maximum Gasteiger partial charge on any atom is 0.220 e. The number of nitrogens with one attached hydrogen (secondary N) is 1. The topological polar surface area (TPSA) is 69.6 Å². The van der Waals surface area contributed by atoms with Crippen LogP contribution in [0.3, 0.4) is 0 Å². The molecule has 0 saturated carbocycles. The summed E-state index contributed by atoms with van der Waals surface area (Å²) in [6.45, 7) is 4.24. The molecule has 348 valence electrons. The number of carbonyl (C=O) groups excluding carboxylic acids is 1. The van der Waals surface area contributed by atoms with Crippen molar-refractivity contribution in [1.29, 1.82) is 0 Å². The predicted molar refractivity (Wildman–Crippen MR) is 262 cm³/mol. The van der Waals surface area contributed by atoms with Crippen LogP contribution in [0.1, 0.15) is 290 Å². The Morgan fingerprint density at radius 2 is 0.695 bits per heavy atom. The fourth-order valence-electron chi connectivity index (χ4n) is 8.27. The predicted octanol–water partition coefficient (Wildman–Crippen LogP) is 17.3. The second-order valence-corrected chi connectivity index (χ2v) is 18.3. The minimum atomic E-state index is -0.832. The second kappa shape index (κ2) is 51.0. The number of allylic oxidation sites excluding steroid dienone is 5. The van der Waals surface area contributed by atoms with Crippen LogP contribution in [-0.2, 0) is 4.79 Å². The summed E-state index contributed by atoms with van der Waals surface area (Å²) in [7, 11) is 0. The Morgan fingerprint density at radius 3 is 1.03 bits per heavy atom. The fraction of sp³-hybridized carbons (Fsp3) is 0.873. The number of aliphatic hydroxyl groups is 2. The zero-order valence-electron chi connectivity index (χ0n) is 40.0. The van der Waals surface area contributed by atoms with Gasteiger partial charge in [0.25, 0.3) is 0 Å². The molecule has 0 aliphatic rings. The number of hydrogen-bond donors (Lipinski definition) is 3. The number of rotatable bonds is 49. The number of amides is 1. The Morgan fingerprint density at radius 1 is 0.407 bits per heavy atom. The van der Waals surface area contributed by atoms with Gasteiger partial charge in [0.2, 0.25) is 5.91 Å². The summed E-state index contributed by atoms with van der Waals surface area (Å²) < 4.78 is 0. The lowest BCUT2D eigenvalue weighted by atomic mass is 10.0. The van der Waals surface area contributed by atoms with Crippen molar-refractivity contribution in [3.8, 4) is 0 Å². The molecule has 1 amide bonds. The summed E-state index contributed by atoms with van der Waals surface area (Å²) in [5.41, 5.74) is 0. The highest BCUT2D eigenvalue weighted by molar-refractivity contribution is 5.76. The van der Waals surface area contributed by atoms with E-state index in [9.17, 15) is 15.0 Å². The van der Waals surface area contributed by atoms with Gasteiger partial charge in [-0.3, -0.25) is 4.79 Å². The summed E-state index contributed by atoms with van der Waals surface area (Å²) in [5.74, 6) is -0.0653.